The summed E-state index contributed by atoms with van der Waals surface area (Å²) in [5, 5.41) is 6.83. The summed E-state index contributed by atoms with van der Waals surface area (Å²) in [6.45, 7) is 1.91. The summed E-state index contributed by atoms with van der Waals surface area (Å²) in [4.78, 5) is 24.0. The number of para-hydroxylation sites is 1. The topological polar surface area (TPSA) is 81.9 Å². The molecule has 1 amide bonds. The lowest BCUT2D eigenvalue weighted by Gasteiger charge is -2.08. The molecule has 1 aromatic carbocycles. The molecule has 0 saturated carbocycles. The molecule has 25 heavy (non-hydrogen) atoms. The summed E-state index contributed by atoms with van der Waals surface area (Å²) in [5.74, 6) is -0.132. The van der Waals surface area contributed by atoms with Crippen molar-refractivity contribution in [2.45, 2.75) is 6.92 Å². The molecule has 7 heteroatoms. The second-order valence-electron chi connectivity index (χ2n) is 5.17. The molecule has 0 aliphatic carbocycles. The smallest absolute Gasteiger partial charge is 0.341 e. The minimum atomic E-state index is -0.451. The first-order valence-electron chi connectivity index (χ1n) is 7.79. The number of rotatable bonds is 6. The predicted octanol–water partition coefficient (Wildman–Crippen LogP) is 2.53. The van der Waals surface area contributed by atoms with Crippen molar-refractivity contribution in [1.29, 1.82) is 0 Å². The standard InChI is InChI=1S/C18H17N3O4/c1-2-24-18(23)15-11-19-21-9-8-13(10-16(15)21)20-17(22)12-25-14-6-4-3-5-7-14/h3-11H,2,12H2,1H3,(H,20,22). The van der Waals surface area contributed by atoms with Gasteiger partial charge in [0.15, 0.2) is 6.61 Å². The van der Waals surface area contributed by atoms with Gasteiger partial charge in [-0.1, -0.05) is 18.2 Å². The Labute approximate surface area is 144 Å². The predicted molar refractivity (Wildman–Crippen MR) is 91.7 cm³/mol. The minimum Gasteiger partial charge on any atom is -0.484 e. The first-order valence-corrected chi connectivity index (χ1v) is 7.79. The number of hydrogen-bond acceptors (Lipinski definition) is 5. The van der Waals surface area contributed by atoms with Crippen LogP contribution < -0.4 is 10.1 Å². The monoisotopic (exact) mass is 339 g/mol. The van der Waals surface area contributed by atoms with Crippen molar-refractivity contribution in [3.05, 3.63) is 60.4 Å². The SMILES string of the molecule is CCOC(=O)c1cnn2ccc(NC(=O)COc3ccccc3)cc12. The second-order valence-corrected chi connectivity index (χ2v) is 5.17. The third kappa shape index (κ3) is 3.95. The van der Waals surface area contributed by atoms with Crippen LogP contribution in [0.3, 0.4) is 0 Å². The molecule has 0 radical (unpaired) electrons. The van der Waals surface area contributed by atoms with Crippen molar-refractivity contribution in [3.8, 4) is 5.75 Å². The van der Waals surface area contributed by atoms with Gasteiger partial charge in [0.2, 0.25) is 0 Å². The lowest BCUT2D eigenvalue weighted by Crippen LogP contribution is -2.20. The maximum atomic E-state index is 12.0. The van der Waals surface area contributed by atoms with Crippen LogP contribution in [0, 0.1) is 0 Å². The first-order chi connectivity index (χ1) is 12.2. The van der Waals surface area contributed by atoms with Gasteiger partial charge in [0.05, 0.1) is 18.3 Å². The highest BCUT2D eigenvalue weighted by atomic mass is 16.5. The molecule has 0 aliphatic heterocycles. The summed E-state index contributed by atoms with van der Waals surface area (Å²) in [6, 6.07) is 12.4. The molecule has 0 spiro atoms. The number of carbonyl (C=O) groups is 2. The molecule has 3 rings (SSSR count). The van der Waals surface area contributed by atoms with Crippen LogP contribution in [0.1, 0.15) is 17.3 Å². The van der Waals surface area contributed by atoms with Gasteiger partial charge in [-0.3, -0.25) is 4.79 Å². The van der Waals surface area contributed by atoms with Crippen molar-refractivity contribution >= 4 is 23.1 Å². The van der Waals surface area contributed by atoms with Crippen molar-refractivity contribution in [1.82, 2.24) is 9.61 Å². The third-order valence-electron chi connectivity index (χ3n) is 3.41. The van der Waals surface area contributed by atoms with E-state index in [0.717, 1.165) is 0 Å². The molecule has 0 unspecified atom stereocenters. The quantitative estimate of drug-likeness (QED) is 0.698. The van der Waals surface area contributed by atoms with Gasteiger partial charge in [0.1, 0.15) is 11.3 Å². The fraction of sp³-hybridized carbons (Fsp3) is 0.167. The van der Waals surface area contributed by atoms with Gasteiger partial charge in [-0.15, -0.1) is 0 Å². The van der Waals surface area contributed by atoms with E-state index in [9.17, 15) is 9.59 Å². The molecule has 2 aromatic heterocycles. The van der Waals surface area contributed by atoms with E-state index in [4.69, 9.17) is 9.47 Å². The molecule has 0 saturated heterocycles. The Hall–Kier alpha value is -3.35. The molecule has 0 atom stereocenters. The zero-order chi connectivity index (χ0) is 17.6. The first kappa shape index (κ1) is 16.5. The molecule has 0 bridgehead atoms. The minimum absolute atomic E-state index is 0.112. The number of hydrogen-bond donors (Lipinski definition) is 1. The number of carbonyl (C=O) groups excluding carboxylic acids is 2. The largest absolute Gasteiger partial charge is 0.484 e. The number of ether oxygens (including phenoxy) is 2. The summed E-state index contributed by atoms with van der Waals surface area (Å²) in [5.41, 5.74) is 1.44. The van der Waals surface area contributed by atoms with Crippen LogP contribution in [0.2, 0.25) is 0 Å². The number of benzene rings is 1. The summed E-state index contributed by atoms with van der Waals surface area (Å²) < 4.78 is 11.9. The van der Waals surface area contributed by atoms with E-state index >= 15 is 0 Å². The zero-order valence-corrected chi connectivity index (χ0v) is 13.6. The van der Waals surface area contributed by atoms with Crippen LogP contribution in [-0.4, -0.2) is 34.7 Å². The lowest BCUT2D eigenvalue weighted by molar-refractivity contribution is -0.118. The van der Waals surface area contributed by atoms with Crippen molar-refractivity contribution in [3.63, 3.8) is 0 Å². The van der Waals surface area contributed by atoms with Crippen LogP contribution >= 0.6 is 0 Å². The number of esters is 1. The lowest BCUT2D eigenvalue weighted by atomic mass is 10.2. The van der Waals surface area contributed by atoms with Crippen LogP contribution in [0.25, 0.3) is 5.52 Å². The number of aromatic nitrogens is 2. The molecule has 128 valence electrons. The Morgan fingerprint density at radius 1 is 1.20 bits per heavy atom. The maximum absolute atomic E-state index is 12.0. The Morgan fingerprint density at radius 3 is 2.76 bits per heavy atom. The van der Waals surface area contributed by atoms with E-state index in [1.165, 1.54) is 6.20 Å². The Bertz CT molecular complexity index is 890. The molecule has 0 aliphatic rings. The van der Waals surface area contributed by atoms with Gasteiger partial charge in [-0.25, -0.2) is 9.31 Å². The summed E-state index contributed by atoms with van der Waals surface area (Å²) >= 11 is 0. The van der Waals surface area contributed by atoms with E-state index in [2.05, 4.69) is 10.4 Å². The van der Waals surface area contributed by atoms with Gasteiger partial charge in [0, 0.05) is 11.9 Å². The van der Waals surface area contributed by atoms with Crippen molar-refractivity contribution < 1.29 is 19.1 Å². The fourth-order valence-corrected chi connectivity index (χ4v) is 2.29. The highest BCUT2D eigenvalue weighted by Crippen LogP contribution is 2.17. The number of anilines is 1. The molecular weight excluding hydrogens is 322 g/mol. The van der Waals surface area contributed by atoms with Gasteiger partial charge >= 0.3 is 5.97 Å². The van der Waals surface area contributed by atoms with E-state index in [1.54, 1.807) is 41.9 Å². The van der Waals surface area contributed by atoms with E-state index in [0.29, 0.717) is 22.5 Å². The third-order valence-corrected chi connectivity index (χ3v) is 3.41. The fourth-order valence-electron chi connectivity index (χ4n) is 2.29. The average Bonchev–Trinajstić information content (AvgIpc) is 3.04. The highest BCUT2D eigenvalue weighted by molar-refractivity contribution is 5.98. The van der Waals surface area contributed by atoms with E-state index < -0.39 is 5.97 Å². The van der Waals surface area contributed by atoms with Crippen LogP contribution in [0.4, 0.5) is 5.69 Å². The highest BCUT2D eigenvalue weighted by Gasteiger charge is 2.14. The van der Waals surface area contributed by atoms with Crippen molar-refractivity contribution in [2.75, 3.05) is 18.5 Å². The Kier molecular flexibility index (Phi) is 4.94. The number of pyridine rings is 1. The summed E-state index contributed by atoms with van der Waals surface area (Å²) in [7, 11) is 0. The van der Waals surface area contributed by atoms with Gasteiger partial charge in [0.25, 0.3) is 5.91 Å². The Morgan fingerprint density at radius 2 is 2.00 bits per heavy atom. The molecule has 2 heterocycles. The van der Waals surface area contributed by atoms with Gasteiger partial charge in [-0.05, 0) is 31.2 Å². The molecule has 3 aromatic rings. The van der Waals surface area contributed by atoms with Crippen LogP contribution in [0.15, 0.2) is 54.9 Å². The van der Waals surface area contributed by atoms with Crippen LogP contribution in [0.5, 0.6) is 5.75 Å². The number of fused-ring (bicyclic) bond motifs is 1. The van der Waals surface area contributed by atoms with E-state index in [1.807, 2.05) is 18.2 Å². The maximum Gasteiger partial charge on any atom is 0.341 e. The average molecular weight is 339 g/mol. The molecule has 0 fully saturated rings. The van der Waals surface area contributed by atoms with Crippen molar-refractivity contribution in [2.24, 2.45) is 0 Å². The van der Waals surface area contributed by atoms with Crippen LogP contribution in [-0.2, 0) is 9.53 Å². The number of amides is 1. The molecular formula is C18H17N3O4. The van der Waals surface area contributed by atoms with E-state index in [-0.39, 0.29) is 19.1 Å². The zero-order valence-electron chi connectivity index (χ0n) is 13.6. The second kappa shape index (κ2) is 7.48. The molecule has 7 nitrogen and oxygen atoms in total. The Balaban J connectivity index is 1.69. The van der Waals surface area contributed by atoms with Gasteiger partial charge < -0.3 is 14.8 Å². The normalized spacial score (nSPS) is 10.4. The number of nitrogens with one attached hydrogen (secondary N) is 1. The number of nitrogens with zero attached hydrogens (tertiary/aromatic N) is 2. The van der Waals surface area contributed by atoms with Gasteiger partial charge in [-0.2, -0.15) is 5.10 Å². The summed E-state index contributed by atoms with van der Waals surface area (Å²) in [6.07, 6.45) is 3.10. The molecule has 1 N–H and O–H groups in total.